The number of carbonyl (C=O) groups is 3. The number of morpholine rings is 1. The van der Waals surface area contributed by atoms with E-state index in [-0.39, 0.29) is 23.9 Å². The van der Waals surface area contributed by atoms with Crippen molar-refractivity contribution < 1.29 is 23.9 Å². The van der Waals surface area contributed by atoms with Crippen LogP contribution in [0.15, 0.2) is 42.6 Å². The van der Waals surface area contributed by atoms with Gasteiger partial charge in [0, 0.05) is 49.7 Å². The number of anilines is 1. The molecule has 1 aromatic carbocycles. The highest BCUT2D eigenvalue weighted by Crippen LogP contribution is 2.26. The normalized spacial score (nSPS) is 17.2. The van der Waals surface area contributed by atoms with E-state index in [4.69, 9.17) is 9.47 Å². The molecule has 35 heavy (non-hydrogen) atoms. The van der Waals surface area contributed by atoms with Gasteiger partial charge in [0.15, 0.2) is 0 Å². The summed E-state index contributed by atoms with van der Waals surface area (Å²) < 4.78 is 12.8. The first-order valence-electron chi connectivity index (χ1n) is 12.1. The van der Waals surface area contributed by atoms with Gasteiger partial charge in [0.2, 0.25) is 0 Å². The monoisotopic (exact) mass is 482 g/mol. The highest BCUT2D eigenvalue weighted by molar-refractivity contribution is 6.04. The van der Waals surface area contributed by atoms with Crippen LogP contribution in [0.25, 0.3) is 0 Å². The van der Waals surface area contributed by atoms with Gasteiger partial charge in [-0.3, -0.25) is 9.59 Å². The maximum Gasteiger partial charge on any atom is 0.410 e. The van der Waals surface area contributed by atoms with Crippen LogP contribution >= 0.6 is 0 Å². The van der Waals surface area contributed by atoms with Gasteiger partial charge < -0.3 is 29.2 Å². The molecule has 0 spiro atoms. The first kappa shape index (κ1) is 24.8. The van der Waals surface area contributed by atoms with Crippen molar-refractivity contribution in [3.8, 4) is 0 Å². The number of rotatable bonds is 4. The van der Waals surface area contributed by atoms with E-state index in [2.05, 4.69) is 5.32 Å². The minimum Gasteiger partial charge on any atom is -0.444 e. The van der Waals surface area contributed by atoms with Crippen LogP contribution in [-0.4, -0.2) is 77.3 Å². The Hall–Kier alpha value is -3.33. The van der Waals surface area contributed by atoms with E-state index in [0.29, 0.717) is 56.3 Å². The Morgan fingerprint density at radius 3 is 2.37 bits per heavy atom. The van der Waals surface area contributed by atoms with Gasteiger partial charge in [-0.2, -0.15) is 0 Å². The molecule has 2 saturated heterocycles. The number of ether oxygens (including phenoxy) is 2. The molecule has 3 amide bonds. The molecule has 2 fully saturated rings. The Morgan fingerprint density at radius 1 is 0.971 bits per heavy atom. The molecule has 2 aliphatic rings. The highest BCUT2D eigenvalue weighted by Gasteiger charge is 2.29. The molecule has 0 aliphatic carbocycles. The van der Waals surface area contributed by atoms with Crippen molar-refractivity contribution in [2.75, 3.05) is 44.7 Å². The van der Waals surface area contributed by atoms with Crippen LogP contribution in [0.1, 0.15) is 60.5 Å². The number of piperidine rings is 1. The summed E-state index contributed by atoms with van der Waals surface area (Å²) >= 11 is 0. The van der Waals surface area contributed by atoms with Gasteiger partial charge in [0.05, 0.1) is 13.2 Å². The number of nitrogens with zero attached hydrogens (tertiary/aromatic N) is 3. The summed E-state index contributed by atoms with van der Waals surface area (Å²) in [6, 6.07) is 10.8. The van der Waals surface area contributed by atoms with Crippen LogP contribution in [0, 0.1) is 0 Å². The Bertz CT molecular complexity index is 1060. The van der Waals surface area contributed by atoms with Crippen molar-refractivity contribution in [3.05, 3.63) is 53.9 Å². The number of benzene rings is 1. The number of nitrogens with one attached hydrogen (secondary N) is 1. The first-order chi connectivity index (χ1) is 16.7. The molecule has 0 atom stereocenters. The van der Waals surface area contributed by atoms with E-state index in [9.17, 15) is 14.4 Å². The average Bonchev–Trinajstić information content (AvgIpc) is 3.34. The molecular weight excluding hydrogens is 448 g/mol. The van der Waals surface area contributed by atoms with Crippen molar-refractivity contribution in [2.45, 2.75) is 45.3 Å². The van der Waals surface area contributed by atoms with Gasteiger partial charge in [0.1, 0.15) is 11.3 Å². The predicted molar refractivity (Wildman–Crippen MR) is 132 cm³/mol. The molecule has 0 bridgehead atoms. The minimum atomic E-state index is -0.524. The lowest BCUT2D eigenvalue weighted by Crippen LogP contribution is -2.42. The number of hydrogen-bond donors (Lipinski definition) is 1. The summed E-state index contributed by atoms with van der Waals surface area (Å²) in [6.07, 6.45) is 3.07. The van der Waals surface area contributed by atoms with E-state index in [0.717, 1.165) is 12.8 Å². The van der Waals surface area contributed by atoms with Crippen LogP contribution in [0.5, 0.6) is 0 Å². The summed E-state index contributed by atoms with van der Waals surface area (Å²) in [5, 5.41) is 2.94. The van der Waals surface area contributed by atoms with Gasteiger partial charge in [-0.15, -0.1) is 0 Å². The number of amides is 3. The SMILES string of the molecule is CC(C)(C)OC(=O)N1CCC(n2cccc2C(=O)Nc2cccc(C(=O)N3CCOCC3)c2)CC1. The van der Waals surface area contributed by atoms with Crippen LogP contribution in [0.4, 0.5) is 10.5 Å². The quantitative estimate of drug-likeness (QED) is 0.716. The molecule has 9 nitrogen and oxygen atoms in total. The Kier molecular flexibility index (Phi) is 7.45. The Balaban J connectivity index is 1.38. The van der Waals surface area contributed by atoms with E-state index in [1.54, 1.807) is 40.1 Å². The zero-order valence-electron chi connectivity index (χ0n) is 20.7. The summed E-state index contributed by atoms with van der Waals surface area (Å²) in [4.78, 5) is 41.8. The molecule has 1 aromatic heterocycles. The lowest BCUT2D eigenvalue weighted by Gasteiger charge is -2.34. The number of hydrogen-bond acceptors (Lipinski definition) is 5. The standard InChI is InChI=1S/C26H34N4O5/c1-26(2,3)35-25(33)29-12-9-21(10-13-29)30-11-5-8-22(30)23(31)27-20-7-4-6-19(18-20)24(32)28-14-16-34-17-15-28/h4-8,11,18,21H,9-10,12-17H2,1-3H3,(H,27,31). The van der Waals surface area contributed by atoms with E-state index < -0.39 is 5.60 Å². The zero-order chi connectivity index (χ0) is 25.0. The van der Waals surface area contributed by atoms with Crippen molar-refractivity contribution in [3.63, 3.8) is 0 Å². The third-order valence-corrected chi connectivity index (χ3v) is 6.19. The number of carbonyl (C=O) groups excluding carboxylic acids is 3. The topological polar surface area (TPSA) is 93.1 Å². The van der Waals surface area contributed by atoms with E-state index in [1.807, 2.05) is 37.6 Å². The zero-order valence-corrected chi connectivity index (χ0v) is 20.7. The summed E-state index contributed by atoms with van der Waals surface area (Å²) in [5.74, 6) is -0.301. The molecule has 188 valence electrons. The molecule has 9 heteroatoms. The fourth-order valence-electron chi connectivity index (χ4n) is 4.43. The molecule has 4 rings (SSSR count). The first-order valence-corrected chi connectivity index (χ1v) is 12.1. The van der Waals surface area contributed by atoms with E-state index in [1.165, 1.54) is 0 Å². The second kappa shape index (κ2) is 10.5. The predicted octanol–water partition coefficient (Wildman–Crippen LogP) is 3.78. The highest BCUT2D eigenvalue weighted by atomic mass is 16.6. The van der Waals surface area contributed by atoms with Crippen molar-refractivity contribution in [1.29, 1.82) is 0 Å². The maximum absolute atomic E-state index is 13.1. The fraction of sp³-hybridized carbons (Fsp3) is 0.500. The van der Waals surface area contributed by atoms with Crippen molar-refractivity contribution >= 4 is 23.6 Å². The van der Waals surface area contributed by atoms with E-state index >= 15 is 0 Å². The second-order valence-corrected chi connectivity index (χ2v) is 9.94. The third kappa shape index (κ3) is 6.22. The molecule has 0 unspecified atom stereocenters. The molecular formula is C26H34N4O5. The molecule has 1 N–H and O–H groups in total. The van der Waals surface area contributed by atoms with Gasteiger partial charge in [0.25, 0.3) is 11.8 Å². The van der Waals surface area contributed by atoms with Crippen LogP contribution in [-0.2, 0) is 9.47 Å². The molecule has 0 radical (unpaired) electrons. The van der Waals surface area contributed by atoms with Gasteiger partial charge in [-0.05, 0) is 63.9 Å². The van der Waals surface area contributed by atoms with Gasteiger partial charge in [-0.1, -0.05) is 6.07 Å². The van der Waals surface area contributed by atoms with Gasteiger partial charge >= 0.3 is 6.09 Å². The Labute approximate surface area is 206 Å². The number of likely N-dealkylation sites (tertiary alicyclic amines) is 1. The lowest BCUT2D eigenvalue weighted by molar-refractivity contribution is 0.0187. The smallest absolute Gasteiger partial charge is 0.410 e. The lowest BCUT2D eigenvalue weighted by atomic mass is 10.0. The molecule has 3 heterocycles. The fourth-order valence-corrected chi connectivity index (χ4v) is 4.43. The summed E-state index contributed by atoms with van der Waals surface area (Å²) in [7, 11) is 0. The maximum atomic E-state index is 13.1. The molecule has 0 saturated carbocycles. The number of aromatic nitrogens is 1. The average molecular weight is 483 g/mol. The van der Waals surface area contributed by atoms with Crippen LogP contribution in [0.2, 0.25) is 0 Å². The summed E-state index contributed by atoms with van der Waals surface area (Å²) in [6.45, 7) is 8.93. The third-order valence-electron chi connectivity index (χ3n) is 6.19. The van der Waals surface area contributed by atoms with Crippen LogP contribution in [0.3, 0.4) is 0 Å². The van der Waals surface area contributed by atoms with Crippen LogP contribution < -0.4 is 5.32 Å². The molecule has 2 aliphatic heterocycles. The second-order valence-electron chi connectivity index (χ2n) is 9.94. The van der Waals surface area contributed by atoms with Crippen molar-refractivity contribution in [2.24, 2.45) is 0 Å². The minimum absolute atomic E-state index is 0.0653. The molecule has 2 aromatic rings. The van der Waals surface area contributed by atoms with Gasteiger partial charge in [-0.25, -0.2) is 4.79 Å². The van der Waals surface area contributed by atoms with Crippen molar-refractivity contribution in [1.82, 2.24) is 14.4 Å². The summed E-state index contributed by atoms with van der Waals surface area (Å²) in [5.41, 5.74) is 1.13. The largest absolute Gasteiger partial charge is 0.444 e. The Morgan fingerprint density at radius 2 is 1.69 bits per heavy atom.